The van der Waals surface area contributed by atoms with Crippen molar-refractivity contribution in [3.8, 4) is 5.75 Å². The molecule has 0 atom stereocenters. The van der Waals surface area contributed by atoms with E-state index in [4.69, 9.17) is 14.3 Å². The molecule has 0 aliphatic heterocycles. The molecule has 1 aromatic carbocycles. The van der Waals surface area contributed by atoms with E-state index in [1.807, 2.05) is 0 Å². The number of amides is 1. The maximum atomic E-state index is 12.1. The van der Waals surface area contributed by atoms with Gasteiger partial charge in [-0.2, -0.15) is 0 Å². The van der Waals surface area contributed by atoms with E-state index in [1.165, 1.54) is 29.2 Å². The van der Waals surface area contributed by atoms with Crippen LogP contribution in [-0.4, -0.2) is 56.8 Å². The predicted molar refractivity (Wildman–Crippen MR) is 92.3 cm³/mol. The highest BCUT2D eigenvalue weighted by Crippen LogP contribution is 2.17. The van der Waals surface area contributed by atoms with E-state index in [-0.39, 0.29) is 23.0 Å². The number of nitrogens with zero attached hydrogens (tertiary/aromatic N) is 1. The van der Waals surface area contributed by atoms with Gasteiger partial charge in [0.05, 0.1) is 11.5 Å². The third kappa shape index (κ3) is 5.09. The van der Waals surface area contributed by atoms with Crippen LogP contribution in [-0.2, 0) is 9.84 Å². The average Bonchev–Trinajstić information content (AvgIpc) is 3.07. The Hall–Kier alpha value is -2.81. The Kier molecular flexibility index (Phi) is 6.04. The molecule has 1 amide bonds. The molecule has 0 saturated heterocycles. The van der Waals surface area contributed by atoms with Crippen molar-refractivity contribution >= 4 is 21.7 Å². The zero-order valence-corrected chi connectivity index (χ0v) is 15.2. The Labute approximate surface area is 150 Å². The Morgan fingerprint density at radius 2 is 1.88 bits per heavy atom. The van der Waals surface area contributed by atoms with Crippen LogP contribution in [0, 0.1) is 0 Å². The van der Waals surface area contributed by atoms with E-state index in [9.17, 15) is 18.0 Å². The topological polar surface area (TPSA) is 114 Å². The van der Waals surface area contributed by atoms with Crippen molar-refractivity contribution in [2.24, 2.45) is 0 Å². The van der Waals surface area contributed by atoms with Crippen molar-refractivity contribution in [3.05, 3.63) is 47.9 Å². The molecule has 0 radical (unpaired) electrons. The van der Waals surface area contributed by atoms with Crippen molar-refractivity contribution in [2.45, 2.75) is 11.3 Å². The third-order valence-electron chi connectivity index (χ3n) is 3.51. The third-order valence-corrected chi connectivity index (χ3v) is 4.62. The van der Waals surface area contributed by atoms with Crippen LogP contribution in [0.5, 0.6) is 5.75 Å². The molecular formula is C17H19NO7S. The quantitative estimate of drug-likeness (QED) is 0.695. The lowest BCUT2D eigenvalue weighted by Gasteiger charge is -2.16. The van der Waals surface area contributed by atoms with Crippen molar-refractivity contribution in [1.29, 1.82) is 0 Å². The Morgan fingerprint density at radius 3 is 2.50 bits per heavy atom. The lowest BCUT2D eigenvalue weighted by molar-refractivity contribution is 0.0653. The van der Waals surface area contributed by atoms with Gasteiger partial charge in [-0.15, -0.1) is 0 Å². The van der Waals surface area contributed by atoms with Crippen LogP contribution in [0.2, 0.25) is 0 Å². The van der Waals surface area contributed by atoms with Crippen LogP contribution >= 0.6 is 0 Å². The molecular weight excluding hydrogens is 362 g/mol. The minimum atomic E-state index is -3.30. The monoisotopic (exact) mass is 381 g/mol. The molecule has 0 spiro atoms. The molecule has 0 saturated carbocycles. The van der Waals surface area contributed by atoms with E-state index in [2.05, 4.69) is 0 Å². The van der Waals surface area contributed by atoms with Crippen molar-refractivity contribution in [3.63, 3.8) is 0 Å². The number of carboxylic acids is 1. The molecule has 0 bridgehead atoms. The van der Waals surface area contributed by atoms with Gasteiger partial charge in [-0.25, -0.2) is 13.2 Å². The van der Waals surface area contributed by atoms with Crippen LogP contribution in [0.25, 0.3) is 0 Å². The van der Waals surface area contributed by atoms with Crippen molar-refractivity contribution in [1.82, 2.24) is 4.90 Å². The maximum absolute atomic E-state index is 12.1. The summed E-state index contributed by atoms with van der Waals surface area (Å²) >= 11 is 0. The number of benzene rings is 1. The number of carboxylic acid groups (broad SMARTS) is 1. The van der Waals surface area contributed by atoms with Gasteiger partial charge >= 0.3 is 5.97 Å². The van der Waals surface area contributed by atoms with Gasteiger partial charge in [-0.1, -0.05) is 6.07 Å². The second-order valence-corrected chi connectivity index (χ2v) is 7.66. The number of aromatic carboxylic acids is 1. The molecule has 9 heteroatoms. The summed E-state index contributed by atoms with van der Waals surface area (Å²) in [5, 5.41) is 8.80. The van der Waals surface area contributed by atoms with Gasteiger partial charge in [0, 0.05) is 19.8 Å². The molecule has 26 heavy (non-hydrogen) atoms. The van der Waals surface area contributed by atoms with Crippen LogP contribution < -0.4 is 4.74 Å². The minimum absolute atomic E-state index is 0.0494. The van der Waals surface area contributed by atoms with Crippen LogP contribution in [0.15, 0.2) is 45.7 Å². The molecule has 0 aliphatic carbocycles. The molecule has 2 aromatic rings. The fourth-order valence-corrected chi connectivity index (χ4v) is 2.80. The van der Waals surface area contributed by atoms with Gasteiger partial charge in [0.25, 0.3) is 5.91 Å². The van der Waals surface area contributed by atoms with Crippen molar-refractivity contribution in [2.75, 3.05) is 26.5 Å². The van der Waals surface area contributed by atoms with Gasteiger partial charge in [0.15, 0.2) is 15.6 Å². The Balaban J connectivity index is 1.83. The first kappa shape index (κ1) is 19.5. The van der Waals surface area contributed by atoms with Gasteiger partial charge in [0.1, 0.15) is 5.75 Å². The largest absolute Gasteiger partial charge is 0.493 e. The van der Waals surface area contributed by atoms with Crippen LogP contribution in [0.1, 0.15) is 27.5 Å². The number of carbonyl (C=O) groups excluding carboxylic acids is 1. The van der Waals surface area contributed by atoms with Gasteiger partial charge in [0.2, 0.25) is 5.76 Å². The molecule has 0 unspecified atom stereocenters. The molecule has 1 N–H and O–H groups in total. The molecule has 8 nitrogen and oxygen atoms in total. The van der Waals surface area contributed by atoms with Crippen LogP contribution in [0.3, 0.4) is 0 Å². The van der Waals surface area contributed by atoms with Gasteiger partial charge < -0.3 is 19.2 Å². The molecule has 0 aliphatic rings. The first-order valence-electron chi connectivity index (χ1n) is 7.70. The van der Waals surface area contributed by atoms with E-state index in [0.717, 1.165) is 6.26 Å². The number of hydrogen-bond donors (Lipinski definition) is 1. The summed E-state index contributed by atoms with van der Waals surface area (Å²) < 4.78 is 33.5. The number of hydrogen-bond acceptors (Lipinski definition) is 6. The number of carbonyl (C=O) groups is 2. The Bertz CT molecular complexity index is 901. The van der Waals surface area contributed by atoms with Crippen molar-refractivity contribution < 1.29 is 32.3 Å². The number of furan rings is 1. The van der Waals surface area contributed by atoms with E-state index in [1.54, 1.807) is 19.2 Å². The second-order valence-electron chi connectivity index (χ2n) is 5.64. The normalized spacial score (nSPS) is 11.2. The number of sulfone groups is 1. The Morgan fingerprint density at radius 1 is 1.19 bits per heavy atom. The SMILES string of the molecule is CN(CCCOc1cccc(S(C)(=O)=O)c1)C(=O)c1ccc(C(=O)O)o1. The summed E-state index contributed by atoms with van der Waals surface area (Å²) in [6.07, 6.45) is 1.62. The number of rotatable bonds is 8. The molecule has 1 aromatic heterocycles. The summed E-state index contributed by atoms with van der Waals surface area (Å²) in [7, 11) is -1.74. The predicted octanol–water partition coefficient (Wildman–Crippen LogP) is 1.92. The summed E-state index contributed by atoms with van der Waals surface area (Å²) in [5.41, 5.74) is 0. The summed E-state index contributed by atoms with van der Waals surface area (Å²) in [6, 6.07) is 8.72. The smallest absolute Gasteiger partial charge is 0.371 e. The van der Waals surface area contributed by atoms with E-state index in [0.29, 0.717) is 18.7 Å². The highest BCUT2D eigenvalue weighted by atomic mass is 32.2. The molecule has 0 fully saturated rings. The average molecular weight is 381 g/mol. The number of ether oxygens (including phenoxy) is 1. The summed E-state index contributed by atoms with van der Waals surface area (Å²) in [5.74, 6) is -1.59. The first-order valence-corrected chi connectivity index (χ1v) is 9.59. The van der Waals surface area contributed by atoms with Gasteiger partial charge in [-0.05, 0) is 36.8 Å². The highest BCUT2D eigenvalue weighted by molar-refractivity contribution is 7.90. The zero-order valence-electron chi connectivity index (χ0n) is 14.3. The fraction of sp³-hybridized carbons (Fsp3) is 0.294. The lowest BCUT2D eigenvalue weighted by atomic mass is 10.3. The minimum Gasteiger partial charge on any atom is -0.493 e. The zero-order chi connectivity index (χ0) is 19.3. The fourth-order valence-electron chi connectivity index (χ4n) is 2.14. The molecule has 2 rings (SSSR count). The maximum Gasteiger partial charge on any atom is 0.371 e. The summed E-state index contributed by atoms with van der Waals surface area (Å²) in [4.78, 5) is 24.5. The molecule has 140 valence electrons. The van der Waals surface area contributed by atoms with E-state index < -0.39 is 21.7 Å². The summed E-state index contributed by atoms with van der Waals surface area (Å²) in [6.45, 7) is 0.636. The first-order chi connectivity index (χ1) is 12.2. The van der Waals surface area contributed by atoms with Gasteiger partial charge in [-0.3, -0.25) is 4.79 Å². The second kappa shape index (κ2) is 8.05. The standard InChI is InChI=1S/C17H19NO7S/c1-18(16(19)14-7-8-15(25-14)17(20)21)9-4-10-24-12-5-3-6-13(11-12)26(2,22)23/h3,5-8,11H,4,9-10H2,1-2H3,(H,20,21). The van der Waals surface area contributed by atoms with E-state index >= 15 is 0 Å². The van der Waals surface area contributed by atoms with Crippen LogP contribution in [0.4, 0.5) is 0 Å². The lowest BCUT2D eigenvalue weighted by Crippen LogP contribution is -2.28. The highest BCUT2D eigenvalue weighted by Gasteiger charge is 2.18. The molecule has 1 heterocycles.